The zero-order valence-corrected chi connectivity index (χ0v) is 18.3. The number of nitro benzene ring substituents is 1. The summed E-state index contributed by atoms with van der Waals surface area (Å²) in [5.41, 5.74) is 0.302. The van der Waals surface area contributed by atoms with Gasteiger partial charge in [-0.2, -0.15) is 0 Å². The van der Waals surface area contributed by atoms with Gasteiger partial charge in [0, 0.05) is 18.3 Å². The largest absolute Gasteiger partial charge is 0.325 e. The topological polar surface area (TPSA) is 103 Å². The number of anilines is 1. The molecule has 0 aliphatic heterocycles. The molecule has 0 unspecified atom stereocenters. The molecule has 11 heteroatoms. The fourth-order valence-corrected chi connectivity index (χ4v) is 3.76. The molecule has 0 saturated heterocycles. The third-order valence-corrected chi connectivity index (χ3v) is 5.42. The quantitative estimate of drug-likeness (QED) is 0.285. The van der Waals surface area contributed by atoms with Crippen LogP contribution in [-0.4, -0.2) is 31.3 Å². The van der Waals surface area contributed by atoms with Crippen LogP contribution in [0.5, 0.6) is 0 Å². The number of carbonyl (C=O) groups excluding carboxylic acids is 1. The standard InChI is InChI=1S/C20H19ClFN5O3S/c1-12(2)10-26-19(14-5-3-4-6-16(14)22)24-25-20(26)31-11-18(28)23-13-7-8-15(21)17(9-13)27(29)30/h3-9,12H,10-11H2,1-2H3,(H,23,28). The summed E-state index contributed by atoms with van der Waals surface area (Å²) in [4.78, 5) is 22.7. The van der Waals surface area contributed by atoms with Crippen LogP contribution in [0.3, 0.4) is 0 Å². The lowest BCUT2D eigenvalue weighted by Gasteiger charge is -2.13. The Morgan fingerprint density at radius 2 is 2.03 bits per heavy atom. The Balaban J connectivity index is 1.76. The van der Waals surface area contributed by atoms with Crippen molar-refractivity contribution in [2.45, 2.75) is 25.5 Å². The molecule has 2 aromatic carbocycles. The molecular weight excluding hydrogens is 445 g/mol. The van der Waals surface area contributed by atoms with E-state index in [1.807, 2.05) is 13.8 Å². The van der Waals surface area contributed by atoms with Crippen molar-refractivity contribution in [2.24, 2.45) is 5.92 Å². The summed E-state index contributed by atoms with van der Waals surface area (Å²) < 4.78 is 16.1. The van der Waals surface area contributed by atoms with Crippen LogP contribution in [0.15, 0.2) is 47.6 Å². The van der Waals surface area contributed by atoms with Gasteiger partial charge in [-0.25, -0.2) is 4.39 Å². The van der Waals surface area contributed by atoms with E-state index in [1.54, 1.807) is 22.8 Å². The van der Waals surface area contributed by atoms with Crippen LogP contribution >= 0.6 is 23.4 Å². The number of nitro groups is 1. The van der Waals surface area contributed by atoms with E-state index in [9.17, 15) is 19.3 Å². The third kappa shape index (κ3) is 5.59. The SMILES string of the molecule is CC(C)Cn1c(SCC(=O)Nc2ccc(Cl)c([N+](=O)[O-])c2)nnc1-c1ccccc1F. The van der Waals surface area contributed by atoms with E-state index in [4.69, 9.17) is 11.6 Å². The van der Waals surface area contributed by atoms with Gasteiger partial charge in [-0.1, -0.05) is 49.3 Å². The number of amides is 1. The van der Waals surface area contributed by atoms with Gasteiger partial charge in [0.05, 0.1) is 16.2 Å². The number of carbonyl (C=O) groups is 1. The van der Waals surface area contributed by atoms with Crippen molar-refractivity contribution >= 4 is 40.6 Å². The molecule has 31 heavy (non-hydrogen) atoms. The van der Waals surface area contributed by atoms with Crippen LogP contribution in [0.4, 0.5) is 15.8 Å². The normalized spacial score (nSPS) is 11.0. The average molecular weight is 464 g/mol. The average Bonchev–Trinajstić information content (AvgIpc) is 3.09. The Morgan fingerprint density at radius 3 is 2.71 bits per heavy atom. The van der Waals surface area contributed by atoms with E-state index >= 15 is 0 Å². The lowest BCUT2D eigenvalue weighted by atomic mass is 10.2. The fraction of sp³-hybridized carbons (Fsp3) is 0.250. The van der Waals surface area contributed by atoms with Gasteiger partial charge in [0.25, 0.3) is 5.69 Å². The number of nitrogens with one attached hydrogen (secondary N) is 1. The maximum absolute atomic E-state index is 14.3. The first-order valence-corrected chi connectivity index (χ1v) is 10.7. The molecule has 8 nitrogen and oxygen atoms in total. The van der Waals surface area contributed by atoms with Crippen molar-refractivity contribution in [1.29, 1.82) is 0 Å². The van der Waals surface area contributed by atoms with Crippen LogP contribution in [-0.2, 0) is 11.3 Å². The van der Waals surface area contributed by atoms with Gasteiger partial charge >= 0.3 is 0 Å². The second-order valence-corrected chi connectivity index (χ2v) is 8.40. The molecule has 1 N–H and O–H groups in total. The highest BCUT2D eigenvalue weighted by molar-refractivity contribution is 7.99. The summed E-state index contributed by atoms with van der Waals surface area (Å²) in [5.74, 6) is -0.164. The number of aromatic nitrogens is 3. The minimum atomic E-state index is -0.620. The van der Waals surface area contributed by atoms with Gasteiger partial charge in [0.15, 0.2) is 11.0 Å². The lowest BCUT2D eigenvalue weighted by Crippen LogP contribution is -2.15. The minimum absolute atomic E-state index is 0.01000. The van der Waals surface area contributed by atoms with Gasteiger partial charge < -0.3 is 9.88 Å². The smallest absolute Gasteiger partial charge is 0.289 e. The summed E-state index contributed by atoms with van der Waals surface area (Å²) >= 11 is 6.93. The summed E-state index contributed by atoms with van der Waals surface area (Å²) in [6.45, 7) is 4.57. The lowest BCUT2D eigenvalue weighted by molar-refractivity contribution is -0.384. The molecular formula is C20H19ClFN5O3S. The monoisotopic (exact) mass is 463 g/mol. The predicted octanol–water partition coefficient (Wildman–Crippen LogP) is 5.03. The first-order valence-electron chi connectivity index (χ1n) is 9.31. The van der Waals surface area contributed by atoms with Crippen LogP contribution in [0.2, 0.25) is 5.02 Å². The molecule has 0 aliphatic rings. The number of rotatable bonds is 8. The molecule has 1 amide bonds. The number of thioether (sulfide) groups is 1. The van der Waals surface area contributed by atoms with E-state index in [-0.39, 0.29) is 34.0 Å². The number of nitrogens with zero attached hydrogens (tertiary/aromatic N) is 4. The Morgan fingerprint density at radius 1 is 1.29 bits per heavy atom. The van der Waals surface area contributed by atoms with Crippen molar-refractivity contribution in [1.82, 2.24) is 14.8 Å². The first kappa shape index (κ1) is 22.7. The second-order valence-electron chi connectivity index (χ2n) is 7.05. The van der Waals surface area contributed by atoms with Crippen LogP contribution < -0.4 is 5.32 Å². The van der Waals surface area contributed by atoms with Crippen molar-refractivity contribution in [3.05, 3.63) is 63.4 Å². The number of halogens is 2. The molecule has 3 aromatic rings. The molecule has 0 spiro atoms. The Kier molecular flexibility index (Phi) is 7.24. The highest BCUT2D eigenvalue weighted by Gasteiger charge is 2.19. The van der Waals surface area contributed by atoms with Gasteiger partial charge in [-0.05, 0) is 30.2 Å². The van der Waals surface area contributed by atoms with Crippen molar-refractivity contribution in [3.8, 4) is 11.4 Å². The number of hydrogen-bond donors (Lipinski definition) is 1. The van der Waals surface area contributed by atoms with Crippen LogP contribution in [0.25, 0.3) is 11.4 Å². The highest BCUT2D eigenvalue weighted by Crippen LogP contribution is 2.29. The maximum atomic E-state index is 14.3. The molecule has 0 saturated carbocycles. The van der Waals surface area contributed by atoms with Crippen molar-refractivity contribution in [2.75, 3.05) is 11.1 Å². The van der Waals surface area contributed by atoms with Gasteiger partial charge in [0.2, 0.25) is 5.91 Å². The molecule has 0 atom stereocenters. The second kappa shape index (κ2) is 9.88. The van der Waals surface area contributed by atoms with E-state index < -0.39 is 10.7 Å². The van der Waals surface area contributed by atoms with Gasteiger partial charge in [-0.3, -0.25) is 14.9 Å². The van der Waals surface area contributed by atoms with E-state index in [0.29, 0.717) is 23.1 Å². The molecule has 1 heterocycles. The van der Waals surface area contributed by atoms with Gasteiger partial charge in [0.1, 0.15) is 10.8 Å². The Hall–Kier alpha value is -2.98. The zero-order chi connectivity index (χ0) is 22.5. The van der Waals surface area contributed by atoms with Crippen LogP contribution in [0, 0.1) is 21.8 Å². The molecule has 0 fully saturated rings. The Bertz CT molecular complexity index is 1120. The van der Waals surface area contributed by atoms with Crippen molar-refractivity contribution in [3.63, 3.8) is 0 Å². The van der Waals surface area contributed by atoms with E-state index in [0.717, 1.165) is 11.8 Å². The summed E-state index contributed by atoms with van der Waals surface area (Å²) in [5, 5.41) is 22.3. The van der Waals surface area contributed by atoms with E-state index in [1.165, 1.54) is 24.3 Å². The molecule has 0 bridgehead atoms. The maximum Gasteiger partial charge on any atom is 0.289 e. The molecule has 1 aromatic heterocycles. The highest BCUT2D eigenvalue weighted by atomic mass is 35.5. The summed E-state index contributed by atoms with van der Waals surface area (Å²) in [6, 6.07) is 10.3. The minimum Gasteiger partial charge on any atom is -0.325 e. The predicted molar refractivity (Wildman–Crippen MR) is 118 cm³/mol. The molecule has 0 aliphatic carbocycles. The summed E-state index contributed by atoms with van der Waals surface area (Å²) in [6.07, 6.45) is 0. The van der Waals surface area contributed by atoms with Crippen LogP contribution in [0.1, 0.15) is 13.8 Å². The number of benzene rings is 2. The molecule has 3 rings (SSSR count). The molecule has 162 valence electrons. The Labute approximate surface area is 187 Å². The first-order chi connectivity index (χ1) is 14.8. The zero-order valence-electron chi connectivity index (χ0n) is 16.7. The van der Waals surface area contributed by atoms with Gasteiger partial charge in [-0.15, -0.1) is 10.2 Å². The molecule has 0 radical (unpaired) electrons. The fourth-order valence-electron chi connectivity index (χ4n) is 2.82. The third-order valence-electron chi connectivity index (χ3n) is 4.14. The summed E-state index contributed by atoms with van der Waals surface area (Å²) in [7, 11) is 0. The number of hydrogen-bond acceptors (Lipinski definition) is 6. The van der Waals surface area contributed by atoms with Crippen molar-refractivity contribution < 1.29 is 14.1 Å². The van der Waals surface area contributed by atoms with E-state index in [2.05, 4.69) is 15.5 Å².